The van der Waals surface area contributed by atoms with Crippen molar-refractivity contribution in [1.82, 2.24) is 14.8 Å². The molecule has 8 nitrogen and oxygen atoms in total. The zero-order valence-electron chi connectivity index (χ0n) is 19.2. The fourth-order valence-electron chi connectivity index (χ4n) is 3.72. The van der Waals surface area contributed by atoms with Crippen molar-refractivity contribution < 1.29 is 14.3 Å². The Hall–Kier alpha value is -3.98. The molecule has 2 N–H and O–H groups in total. The largest absolute Gasteiger partial charge is 0.454 e. The lowest BCUT2D eigenvalue weighted by atomic mass is 10.2. The number of carbonyl (C=O) groups is 1. The van der Waals surface area contributed by atoms with Crippen LogP contribution in [0.3, 0.4) is 0 Å². The second kappa shape index (κ2) is 10.5. The Bertz CT molecular complexity index is 1330. The molecule has 3 aromatic carbocycles. The van der Waals surface area contributed by atoms with Gasteiger partial charge < -0.3 is 20.1 Å². The third kappa shape index (κ3) is 5.41. The summed E-state index contributed by atoms with van der Waals surface area (Å²) in [5, 5.41) is 16.0. The topological polar surface area (TPSA) is 90.3 Å². The molecule has 0 spiro atoms. The van der Waals surface area contributed by atoms with Crippen molar-refractivity contribution in [3.05, 3.63) is 84.2 Å². The summed E-state index contributed by atoms with van der Waals surface area (Å²) in [4.78, 5) is 12.5. The molecule has 0 bridgehead atoms. The number of carbonyl (C=O) groups excluding carboxylic acids is 1. The van der Waals surface area contributed by atoms with E-state index in [2.05, 4.69) is 33.8 Å². The summed E-state index contributed by atoms with van der Waals surface area (Å²) >= 11 is 1.50. The Balaban J connectivity index is 1.24. The highest BCUT2D eigenvalue weighted by Gasteiger charge is 2.16. The fraction of sp³-hybridized carbons (Fsp3) is 0.192. The Morgan fingerprint density at radius 1 is 1.00 bits per heavy atom. The number of aryl methyl sites for hydroxylation is 1. The summed E-state index contributed by atoms with van der Waals surface area (Å²) in [6, 6.07) is 23.5. The molecule has 0 radical (unpaired) electrons. The molecule has 0 saturated carbocycles. The standard InChI is InChI=1S/C26H25N5O3S/c1-18-7-5-6-10-21(18)27-16-24-29-30-26(31(24)20-8-3-2-4-9-20)35-14-13-25(32)28-19-11-12-22-23(15-19)34-17-33-22/h2-12,15,27H,13-14,16-17H2,1H3,(H,28,32). The SMILES string of the molecule is Cc1ccccc1NCc1nnc(SCCC(=O)Nc2ccc3c(c2)OCO3)n1-c1ccccc1. The normalized spacial score (nSPS) is 11.9. The first-order chi connectivity index (χ1) is 17.2. The van der Waals surface area contributed by atoms with Crippen molar-refractivity contribution >= 4 is 29.0 Å². The monoisotopic (exact) mass is 487 g/mol. The Labute approximate surface area is 207 Å². The van der Waals surface area contributed by atoms with Crippen LogP contribution in [0.5, 0.6) is 11.5 Å². The van der Waals surface area contributed by atoms with E-state index in [-0.39, 0.29) is 12.7 Å². The predicted molar refractivity (Wildman–Crippen MR) is 136 cm³/mol. The Kier molecular flexibility index (Phi) is 6.85. The average Bonchev–Trinajstić information content (AvgIpc) is 3.50. The minimum Gasteiger partial charge on any atom is -0.454 e. The van der Waals surface area contributed by atoms with E-state index in [1.807, 2.05) is 53.1 Å². The zero-order valence-corrected chi connectivity index (χ0v) is 20.0. The molecule has 0 aliphatic carbocycles. The molecule has 4 aromatic rings. The molecule has 1 amide bonds. The molecule has 1 aliphatic rings. The lowest BCUT2D eigenvalue weighted by Gasteiger charge is -2.12. The number of anilines is 2. The Morgan fingerprint density at radius 3 is 2.66 bits per heavy atom. The number of thioether (sulfide) groups is 1. The quantitative estimate of drug-likeness (QED) is 0.320. The molecule has 9 heteroatoms. The molecule has 0 saturated heterocycles. The molecule has 1 aliphatic heterocycles. The van der Waals surface area contributed by atoms with Crippen molar-refractivity contribution in [2.24, 2.45) is 0 Å². The van der Waals surface area contributed by atoms with E-state index in [0.29, 0.717) is 35.9 Å². The highest BCUT2D eigenvalue weighted by atomic mass is 32.2. The minimum absolute atomic E-state index is 0.0800. The van der Waals surface area contributed by atoms with Crippen LogP contribution in [0, 0.1) is 6.92 Å². The van der Waals surface area contributed by atoms with Gasteiger partial charge in [0.05, 0.1) is 6.54 Å². The third-order valence-corrected chi connectivity index (χ3v) is 6.44. The number of ether oxygens (including phenoxy) is 2. The van der Waals surface area contributed by atoms with Gasteiger partial charge in [-0.2, -0.15) is 0 Å². The zero-order chi connectivity index (χ0) is 24.0. The second-order valence-electron chi connectivity index (χ2n) is 7.95. The first kappa shape index (κ1) is 22.8. The summed E-state index contributed by atoms with van der Waals surface area (Å²) in [7, 11) is 0. The van der Waals surface area contributed by atoms with Gasteiger partial charge in [-0.3, -0.25) is 9.36 Å². The van der Waals surface area contributed by atoms with E-state index in [9.17, 15) is 4.79 Å². The van der Waals surface area contributed by atoms with Crippen LogP contribution in [0.4, 0.5) is 11.4 Å². The number of rotatable bonds is 9. The molecule has 1 aromatic heterocycles. The van der Waals surface area contributed by atoms with Crippen LogP contribution in [0.25, 0.3) is 5.69 Å². The van der Waals surface area contributed by atoms with Crippen LogP contribution in [0.15, 0.2) is 78.0 Å². The second-order valence-corrected chi connectivity index (χ2v) is 9.01. The van der Waals surface area contributed by atoms with Gasteiger partial charge in [-0.05, 0) is 42.8 Å². The van der Waals surface area contributed by atoms with E-state index >= 15 is 0 Å². The lowest BCUT2D eigenvalue weighted by Crippen LogP contribution is -2.12. The van der Waals surface area contributed by atoms with Crippen molar-refractivity contribution in [3.63, 3.8) is 0 Å². The first-order valence-electron chi connectivity index (χ1n) is 11.3. The highest BCUT2D eigenvalue weighted by molar-refractivity contribution is 7.99. The van der Waals surface area contributed by atoms with Gasteiger partial charge in [0.25, 0.3) is 0 Å². The number of hydrogen-bond donors (Lipinski definition) is 2. The van der Waals surface area contributed by atoms with Crippen LogP contribution in [0.2, 0.25) is 0 Å². The maximum atomic E-state index is 12.5. The van der Waals surface area contributed by atoms with Crippen molar-refractivity contribution in [2.75, 3.05) is 23.2 Å². The summed E-state index contributed by atoms with van der Waals surface area (Å²) < 4.78 is 12.7. The molecule has 0 unspecified atom stereocenters. The van der Waals surface area contributed by atoms with E-state index in [1.54, 1.807) is 18.2 Å². The molecular weight excluding hydrogens is 462 g/mol. The number of amides is 1. The van der Waals surface area contributed by atoms with Gasteiger partial charge in [0.15, 0.2) is 22.5 Å². The van der Waals surface area contributed by atoms with Crippen LogP contribution in [-0.2, 0) is 11.3 Å². The molecule has 5 rings (SSSR count). The molecular formula is C26H25N5O3S. The molecule has 2 heterocycles. The average molecular weight is 488 g/mol. The van der Waals surface area contributed by atoms with Gasteiger partial charge in [-0.1, -0.05) is 48.2 Å². The van der Waals surface area contributed by atoms with Crippen molar-refractivity contribution in [3.8, 4) is 17.2 Å². The van der Waals surface area contributed by atoms with Gasteiger partial charge in [0, 0.05) is 35.3 Å². The number of para-hydroxylation sites is 2. The summed E-state index contributed by atoms with van der Waals surface area (Å²) in [5.41, 5.74) is 3.89. The number of fused-ring (bicyclic) bond motifs is 1. The highest BCUT2D eigenvalue weighted by Crippen LogP contribution is 2.34. The van der Waals surface area contributed by atoms with E-state index in [0.717, 1.165) is 22.4 Å². The van der Waals surface area contributed by atoms with Crippen LogP contribution >= 0.6 is 11.8 Å². The molecule has 178 valence electrons. The van der Waals surface area contributed by atoms with E-state index in [4.69, 9.17) is 9.47 Å². The van der Waals surface area contributed by atoms with Crippen LogP contribution in [0.1, 0.15) is 17.8 Å². The van der Waals surface area contributed by atoms with Gasteiger partial charge >= 0.3 is 0 Å². The number of aromatic nitrogens is 3. The van der Waals surface area contributed by atoms with Crippen molar-refractivity contribution in [2.45, 2.75) is 25.0 Å². The van der Waals surface area contributed by atoms with Gasteiger partial charge in [-0.25, -0.2) is 0 Å². The summed E-state index contributed by atoms with van der Waals surface area (Å²) in [5.74, 6) is 2.61. The van der Waals surface area contributed by atoms with Gasteiger partial charge in [0.2, 0.25) is 12.7 Å². The predicted octanol–water partition coefficient (Wildman–Crippen LogP) is 5.04. The first-order valence-corrected chi connectivity index (χ1v) is 12.3. The minimum atomic E-state index is -0.0800. The molecule has 35 heavy (non-hydrogen) atoms. The van der Waals surface area contributed by atoms with Gasteiger partial charge in [0.1, 0.15) is 0 Å². The van der Waals surface area contributed by atoms with Crippen LogP contribution < -0.4 is 20.1 Å². The number of benzene rings is 3. The van der Waals surface area contributed by atoms with Gasteiger partial charge in [-0.15, -0.1) is 10.2 Å². The number of nitrogens with zero attached hydrogens (tertiary/aromatic N) is 3. The van der Waals surface area contributed by atoms with E-state index in [1.165, 1.54) is 17.3 Å². The lowest BCUT2D eigenvalue weighted by molar-refractivity contribution is -0.115. The Morgan fingerprint density at radius 2 is 1.80 bits per heavy atom. The summed E-state index contributed by atoms with van der Waals surface area (Å²) in [6.45, 7) is 2.80. The maximum absolute atomic E-state index is 12.5. The smallest absolute Gasteiger partial charge is 0.231 e. The summed E-state index contributed by atoms with van der Waals surface area (Å²) in [6.07, 6.45) is 0.331. The molecule has 0 fully saturated rings. The fourth-order valence-corrected chi connectivity index (χ4v) is 4.63. The number of hydrogen-bond acceptors (Lipinski definition) is 7. The van der Waals surface area contributed by atoms with Crippen LogP contribution in [-0.4, -0.2) is 33.2 Å². The number of nitrogens with one attached hydrogen (secondary N) is 2. The van der Waals surface area contributed by atoms with Crippen molar-refractivity contribution in [1.29, 1.82) is 0 Å². The third-order valence-electron chi connectivity index (χ3n) is 5.51. The molecule has 0 atom stereocenters. The van der Waals surface area contributed by atoms with E-state index < -0.39 is 0 Å². The maximum Gasteiger partial charge on any atom is 0.231 e.